The van der Waals surface area contributed by atoms with Crippen molar-refractivity contribution in [2.75, 3.05) is 0 Å². The molecule has 2 aromatic rings. The van der Waals surface area contributed by atoms with E-state index in [-0.39, 0.29) is 11.9 Å². The van der Waals surface area contributed by atoms with Gasteiger partial charge >= 0.3 is 0 Å². The van der Waals surface area contributed by atoms with Crippen LogP contribution in [0.1, 0.15) is 43.8 Å². The van der Waals surface area contributed by atoms with E-state index >= 15 is 0 Å². The highest BCUT2D eigenvalue weighted by Crippen LogP contribution is 2.22. The third kappa shape index (κ3) is 3.63. The van der Waals surface area contributed by atoms with Gasteiger partial charge in [0.25, 0.3) is 0 Å². The number of aromatic nitrogens is 2. The summed E-state index contributed by atoms with van der Waals surface area (Å²) in [6, 6.07) is 6.68. The Morgan fingerprint density at radius 1 is 1.38 bits per heavy atom. The van der Waals surface area contributed by atoms with Gasteiger partial charge in [-0.3, -0.25) is 4.68 Å². The summed E-state index contributed by atoms with van der Waals surface area (Å²) in [5.74, 6) is -0.217. The molecule has 0 saturated carbocycles. The number of nitrogens with one attached hydrogen (secondary N) is 1. The zero-order valence-electron chi connectivity index (χ0n) is 12.7. The van der Waals surface area contributed by atoms with E-state index in [0.717, 1.165) is 34.9 Å². The number of nitrogens with zero attached hydrogens (tertiary/aromatic N) is 2. The normalized spacial score (nSPS) is 12.6. The summed E-state index contributed by atoms with van der Waals surface area (Å²) in [5.41, 5.74) is 2.83. The van der Waals surface area contributed by atoms with E-state index in [0.29, 0.717) is 6.54 Å². The SMILES string of the molecule is CCc1nn(CC)c(CN[C@@H](C)c2cccc(F)c2)c1Cl. The molecule has 1 aromatic carbocycles. The highest BCUT2D eigenvalue weighted by Gasteiger charge is 2.15. The molecule has 0 fully saturated rings. The fourth-order valence-corrected chi connectivity index (χ4v) is 2.67. The van der Waals surface area contributed by atoms with Gasteiger partial charge in [-0.2, -0.15) is 5.10 Å². The topological polar surface area (TPSA) is 29.9 Å². The molecule has 21 heavy (non-hydrogen) atoms. The summed E-state index contributed by atoms with van der Waals surface area (Å²) in [7, 11) is 0. The summed E-state index contributed by atoms with van der Waals surface area (Å²) in [6.07, 6.45) is 0.818. The fourth-order valence-electron chi connectivity index (χ4n) is 2.33. The summed E-state index contributed by atoms with van der Waals surface area (Å²) < 4.78 is 15.2. The Morgan fingerprint density at radius 3 is 2.76 bits per heavy atom. The summed E-state index contributed by atoms with van der Waals surface area (Å²) in [6.45, 7) is 7.49. The molecule has 1 heterocycles. The maximum Gasteiger partial charge on any atom is 0.123 e. The van der Waals surface area contributed by atoms with Gasteiger partial charge in [-0.1, -0.05) is 30.7 Å². The van der Waals surface area contributed by atoms with Gasteiger partial charge in [0.2, 0.25) is 0 Å². The number of halogens is 2. The van der Waals surface area contributed by atoms with Crippen molar-refractivity contribution in [3.05, 3.63) is 52.1 Å². The maximum absolute atomic E-state index is 13.3. The lowest BCUT2D eigenvalue weighted by Gasteiger charge is -2.15. The summed E-state index contributed by atoms with van der Waals surface area (Å²) >= 11 is 6.38. The molecule has 3 nitrogen and oxygen atoms in total. The van der Waals surface area contributed by atoms with Crippen LogP contribution < -0.4 is 5.32 Å². The first-order valence-electron chi connectivity index (χ1n) is 7.29. The Morgan fingerprint density at radius 2 is 2.14 bits per heavy atom. The van der Waals surface area contributed by atoms with Crippen LogP contribution in [0.3, 0.4) is 0 Å². The van der Waals surface area contributed by atoms with Crippen LogP contribution >= 0.6 is 11.6 Å². The molecule has 0 spiro atoms. The lowest BCUT2D eigenvalue weighted by atomic mass is 10.1. The van der Waals surface area contributed by atoms with Crippen LogP contribution in [0.25, 0.3) is 0 Å². The zero-order chi connectivity index (χ0) is 15.4. The van der Waals surface area contributed by atoms with Gasteiger partial charge in [0, 0.05) is 19.1 Å². The molecular formula is C16H21ClFN3. The number of aryl methyl sites for hydroxylation is 2. The van der Waals surface area contributed by atoms with Crippen molar-refractivity contribution in [1.82, 2.24) is 15.1 Å². The second-order valence-electron chi connectivity index (χ2n) is 5.03. The maximum atomic E-state index is 13.3. The van der Waals surface area contributed by atoms with E-state index in [2.05, 4.69) is 10.4 Å². The minimum absolute atomic E-state index is 0.0436. The Balaban J connectivity index is 2.11. The molecule has 0 aliphatic carbocycles. The van der Waals surface area contributed by atoms with Gasteiger partial charge in [-0.25, -0.2) is 4.39 Å². The average Bonchev–Trinajstić information content (AvgIpc) is 2.80. The Kier molecular flexibility index (Phi) is 5.37. The predicted octanol–water partition coefficient (Wildman–Crippen LogP) is 4.11. The smallest absolute Gasteiger partial charge is 0.123 e. The molecule has 0 radical (unpaired) electrons. The molecule has 1 atom stereocenters. The minimum Gasteiger partial charge on any atom is -0.305 e. The molecule has 0 bridgehead atoms. The van der Waals surface area contributed by atoms with E-state index in [9.17, 15) is 4.39 Å². The second-order valence-corrected chi connectivity index (χ2v) is 5.41. The van der Waals surface area contributed by atoms with Crippen molar-refractivity contribution < 1.29 is 4.39 Å². The summed E-state index contributed by atoms with van der Waals surface area (Å²) in [5, 5.41) is 8.61. The first kappa shape index (κ1) is 16.0. The lowest BCUT2D eigenvalue weighted by Crippen LogP contribution is -2.20. The fraction of sp³-hybridized carbons (Fsp3) is 0.438. The van der Waals surface area contributed by atoms with E-state index in [1.165, 1.54) is 6.07 Å². The molecule has 114 valence electrons. The van der Waals surface area contributed by atoms with Gasteiger partial charge in [0.1, 0.15) is 5.82 Å². The Bertz CT molecular complexity index is 610. The Labute approximate surface area is 130 Å². The van der Waals surface area contributed by atoms with Crippen LogP contribution in [0.4, 0.5) is 4.39 Å². The quantitative estimate of drug-likeness (QED) is 0.870. The van der Waals surface area contributed by atoms with Crippen LogP contribution in [0, 0.1) is 5.82 Å². The van der Waals surface area contributed by atoms with Crippen molar-refractivity contribution in [2.24, 2.45) is 0 Å². The van der Waals surface area contributed by atoms with E-state index in [1.54, 1.807) is 12.1 Å². The van der Waals surface area contributed by atoms with Crippen LogP contribution in [0.5, 0.6) is 0 Å². The van der Waals surface area contributed by atoms with E-state index in [4.69, 9.17) is 11.6 Å². The first-order valence-corrected chi connectivity index (χ1v) is 7.67. The molecule has 0 aliphatic rings. The van der Waals surface area contributed by atoms with Crippen molar-refractivity contribution >= 4 is 11.6 Å². The lowest BCUT2D eigenvalue weighted by molar-refractivity contribution is 0.527. The van der Waals surface area contributed by atoms with Gasteiger partial charge in [0.15, 0.2) is 0 Å². The number of hydrogen-bond donors (Lipinski definition) is 1. The first-order chi connectivity index (χ1) is 10.1. The van der Waals surface area contributed by atoms with Crippen LogP contribution in [-0.2, 0) is 19.5 Å². The molecule has 0 saturated heterocycles. The van der Waals surface area contributed by atoms with Crippen LogP contribution in [0.15, 0.2) is 24.3 Å². The molecule has 2 rings (SSSR count). The molecule has 0 amide bonds. The van der Waals surface area contributed by atoms with Crippen molar-refractivity contribution in [3.8, 4) is 0 Å². The van der Waals surface area contributed by atoms with Crippen molar-refractivity contribution in [1.29, 1.82) is 0 Å². The van der Waals surface area contributed by atoms with Crippen molar-refractivity contribution in [3.63, 3.8) is 0 Å². The van der Waals surface area contributed by atoms with Gasteiger partial charge in [-0.15, -0.1) is 0 Å². The standard InChI is InChI=1S/C16H21ClFN3/c1-4-14-16(17)15(21(5-2)20-14)10-19-11(3)12-7-6-8-13(18)9-12/h6-9,11,19H,4-5,10H2,1-3H3/t11-/m0/s1. The van der Waals surface area contributed by atoms with Crippen LogP contribution in [-0.4, -0.2) is 9.78 Å². The van der Waals surface area contributed by atoms with Crippen molar-refractivity contribution in [2.45, 2.75) is 46.3 Å². The predicted molar refractivity (Wildman–Crippen MR) is 83.9 cm³/mol. The number of benzene rings is 1. The third-order valence-electron chi connectivity index (χ3n) is 3.62. The van der Waals surface area contributed by atoms with E-state index in [1.807, 2.05) is 31.5 Å². The van der Waals surface area contributed by atoms with Crippen LogP contribution in [0.2, 0.25) is 5.02 Å². The molecule has 5 heteroatoms. The van der Waals surface area contributed by atoms with E-state index < -0.39 is 0 Å². The molecule has 1 aromatic heterocycles. The zero-order valence-corrected chi connectivity index (χ0v) is 13.4. The largest absolute Gasteiger partial charge is 0.305 e. The third-order valence-corrected chi connectivity index (χ3v) is 4.05. The molecular weight excluding hydrogens is 289 g/mol. The van der Waals surface area contributed by atoms with Gasteiger partial charge in [-0.05, 0) is 38.0 Å². The Hall–Kier alpha value is -1.39. The molecule has 1 N–H and O–H groups in total. The molecule has 0 unspecified atom stereocenters. The monoisotopic (exact) mass is 309 g/mol. The minimum atomic E-state index is -0.217. The van der Waals surface area contributed by atoms with Gasteiger partial charge in [0.05, 0.1) is 16.4 Å². The number of rotatable bonds is 6. The number of hydrogen-bond acceptors (Lipinski definition) is 2. The average molecular weight is 310 g/mol. The molecule has 0 aliphatic heterocycles. The highest BCUT2D eigenvalue weighted by atomic mass is 35.5. The second kappa shape index (κ2) is 7.05. The summed E-state index contributed by atoms with van der Waals surface area (Å²) in [4.78, 5) is 0. The van der Waals surface area contributed by atoms with Gasteiger partial charge < -0.3 is 5.32 Å². The highest BCUT2D eigenvalue weighted by molar-refractivity contribution is 6.31.